The van der Waals surface area contributed by atoms with Crippen LogP contribution in [0.2, 0.25) is 0 Å². The molecule has 0 spiro atoms. The van der Waals surface area contributed by atoms with Crippen LogP contribution in [0.15, 0.2) is 0 Å². The normalized spacial score (nSPS) is 17.4. The fraction of sp³-hybridized carbons (Fsp3) is 0.857. The highest BCUT2D eigenvalue weighted by molar-refractivity contribution is 5.80. The molecule has 0 bridgehead atoms. The van der Waals surface area contributed by atoms with Crippen molar-refractivity contribution < 1.29 is 9.59 Å². The van der Waals surface area contributed by atoms with Gasteiger partial charge in [0, 0.05) is 32.2 Å². The lowest BCUT2D eigenvalue weighted by atomic mass is 10.2. The van der Waals surface area contributed by atoms with Crippen LogP contribution in [0.25, 0.3) is 0 Å². The number of nitrogens with one attached hydrogen (secondary N) is 1. The minimum atomic E-state index is 0.130. The second-order valence-corrected chi connectivity index (χ2v) is 5.69. The fourth-order valence-electron chi connectivity index (χ4n) is 2.09. The van der Waals surface area contributed by atoms with E-state index in [0.29, 0.717) is 45.3 Å². The lowest BCUT2D eigenvalue weighted by molar-refractivity contribution is -0.139. The molecular formula is C14H28N4O2. The third-order valence-electron chi connectivity index (χ3n) is 3.65. The van der Waals surface area contributed by atoms with Crippen molar-refractivity contribution in [3.63, 3.8) is 0 Å². The van der Waals surface area contributed by atoms with Crippen LogP contribution in [0.4, 0.5) is 0 Å². The Morgan fingerprint density at radius 1 is 1.10 bits per heavy atom. The number of carbonyl (C=O) groups excluding carboxylic acids is 2. The summed E-state index contributed by atoms with van der Waals surface area (Å²) in [4.78, 5) is 29.5. The summed E-state index contributed by atoms with van der Waals surface area (Å²) in [6, 6.07) is 0.363. The first kappa shape index (κ1) is 16.9. The third-order valence-corrected chi connectivity index (χ3v) is 3.65. The van der Waals surface area contributed by atoms with Crippen LogP contribution in [0.3, 0.4) is 0 Å². The molecule has 0 radical (unpaired) electrons. The summed E-state index contributed by atoms with van der Waals surface area (Å²) >= 11 is 0. The molecular weight excluding hydrogens is 256 g/mol. The van der Waals surface area contributed by atoms with Crippen molar-refractivity contribution in [3.8, 4) is 0 Å². The summed E-state index contributed by atoms with van der Waals surface area (Å²) in [5.41, 5.74) is 0. The van der Waals surface area contributed by atoms with E-state index in [1.165, 1.54) is 0 Å². The zero-order chi connectivity index (χ0) is 15.1. The molecule has 6 heteroatoms. The van der Waals surface area contributed by atoms with Gasteiger partial charge in [0.25, 0.3) is 0 Å². The molecule has 1 aliphatic rings. The van der Waals surface area contributed by atoms with Crippen LogP contribution >= 0.6 is 0 Å². The lowest BCUT2D eigenvalue weighted by Gasteiger charge is -2.35. The number of hydrogen-bond donors (Lipinski definition) is 1. The number of hydrogen-bond acceptors (Lipinski definition) is 4. The molecule has 6 nitrogen and oxygen atoms in total. The topological polar surface area (TPSA) is 55.9 Å². The van der Waals surface area contributed by atoms with Gasteiger partial charge in [0.05, 0.1) is 13.1 Å². The highest BCUT2D eigenvalue weighted by Crippen LogP contribution is 2.03. The van der Waals surface area contributed by atoms with Gasteiger partial charge >= 0.3 is 0 Å². The Balaban J connectivity index is 2.31. The zero-order valence-corrected chi connectivity index (χ0v) is 13.2. The smallest absolute Gasteiger partial charge is 0.236 e. The summed E-state index contributed by atoms with van der Waals surface area (Å²) in [5, 5.41) is 3.21. The molecule has 1 unspecified atom stereocenters. The molecule has 1 rings (SSSR count). The van der Waals surface area contributed by atoms with Crippen LogP contribution in [-0.4, -0.2) is 85.9 Å². The van der Waals surface area contributed by atoms with Gasteiger partial charge in [-0.3, -0.25) is 9.59 Å². The van der Waals surface area contributed by atoms with Crippen molar-refractivity contribution in [1.82, 2.24) is 20.0 Å². The molecule has 0 aliphatic carbocycles. The number of carbonyl (C=O) groups is 2. The summed E-state index contributed by atoms with van der Waals surface area (Å²) in [6.07, 6.45) is 1.01. The van der Waals surface area contributed by atoms with E-state index in [1.54, 1.807) is 0 Å². The third kappa shape index (κ3) is 5.46. The maximum atomic E-state index is 12.0. The fourth-order valence-corrected chi connectivity index (χ4v) is 2.09. The van der Waals surface area contributed by atoms with Gasteiger partial charge in [-0.25, -0.2) is 0 Å². The Hall–Kier alpha value is -1.14. The molecule has 1 heterocycles. The zero-order valence-electron chi connectivity index (χ0n) is 13.2. The van der Waals surface area contributed by atoms with Crippen LogP contribution in [0.1, 0.15) is 20.3 Å². The van der Waals surface area contributed by atoms with E-state index in [9.17, 15) is 9.59 Å². The molecule has 2 amide bonds. The first-order chi connectivity index (χ1) is 9.43. The van der Waals surface area contributed by atoms with Crippen molar-refractivity contribution in [2.45, 2.75) is 26.3 Å². The lowest BCUT2D eigenvalue weighted by Crippen LogP contribution is -2.53. The van der Waals surface area contributed by atoms with Gasteiger partial charge in [-0.1, -0.05) is 6.92 Å². The molecule has 0 saturated carbocycles. The van der Waals surface area contributed by atoms with E-state index < -0.39 is 0 Å². The van der Waals surface area contributed by atoms with Gasteiger partial charge in [0.1, 0.15) is 0 Å². The Morgan fingerprint density at radius 2 is 1.60 bits per heavy atom. The average Bonchev–Trinajstić information content (AvgIpc) is 2.43. The molecule has 0 aromatic rings. The number of piperazine rings is 1. The van der Waals surface area contributed by atoms with Crippen LogP contribution in [0, 0.1) is 0 Å². The predicted octanol–water partition coefficient (Wildman–Crippen LogP) is -0.393. The molecule has 1 aliphatic heterocycles. The Bertz CT molecular complexity index is 325. The minimum Gasteiger partial charge on any atom is -0.338 e. The minimum absolute atomic E-state index is 0.130. The predicted molar refractivity (Wildman–Crippen MR) is 79.5 cm³/mol. The molecule has 20 heavy (non-hydrogen) atoms. The van der Waals surface area contributed by atoms with Gasteiger partial charge in [-0.05, 0) is 27.4 Å². The van der Waals surface area contributed by atoms with Crippen LogP contribution in [-0.2, 0) is 9.59 Å². The van der Waals surface area contributed by atoms with Gasteiger partial charge in [-0.2, -0.15) is 0 Å². The monoisotopic (exact) mass is 284 g/mol. The second kappa shape index (κ2) is 8.21. The summed E-state index contributed by atoms with van der Waals surface area (Å²) < 4.78 is 0. The van der Waals surface area contributed by atoms with Crippen LogP contribution < -0.4 is 5.32 Å². The van der Waals surface area contributed by atoms with E-state index in [-0.39, 0.29) is 11.8 Å². The van der Waals surface area contributed by atoms with Gasteiger partial charge in [0.2, 0.25) is 11.8 Å². The number of rotatable bonds is 6. The maximum Gasteiger partial charge on any atom is 0.236 e. The molecule has 1 fully saturated rings. The highest BCUT2D eigenvalue weighted by Gasteiger charge is 2.24. The van der Waals surface area contributed by atoms with Crippen molar-refractivity contribution in [2.24, 2.45) is 0 Å². The average molecular weight is 284 g/mol. The Kier molecular flexibility index (Phi) is 6.95. The van der Waals surface area contributed by atoms with Crippen molar-refractivity contribution in [1.29, 1.82) is 0 Å². The summed E-state index contributed by atoms with van der Waals surface area (Å²) in [5.74, 6) is 0.268. The number of likely N-dealkylation sites (N-methyl/N-ethyl adjacent to an activating group) is 1. The number of amides is 2. The summed E-state index contributed by atoms with van der Waals surface area (Å²) in [6.45, 7) is 7.55. The van der Waals surface area contributed by atoms with Gasteiger partial charge < -0.3 is 20.0 Å². The first-order valence-corrected chi connectivity index (χ1v) is 7.37. The second-order valence-electron chi connectivity index (χ2n) is 5.69. The van der Waals surface area contributed by atoms with E-state index in [4.69, 9.17) is 0 Å². The molecule has 1 saturated heterocycles. The Labute approximate surface area is 122 Å². The molecule has 116 valence electrons. The first-order valence-electron chi connectivity index (χ1n) is 7.37. The molecule has 0 aromatic heterocycles. The van der Waals surface area contributed by atoms with Gasteiger partial charge in [-0.15, -0.1) is 0 Å². The summed E-state index contributed by atoms with van der Waals surface area (Å²) in [7, 11) is 3.77. The van der Waals surface area contributed by atoms with Crippen molar-refractivity contribution >= 4 is 11.8 Å². The molecule has 1 N–H and O–H groups in total. The molecule has 1 atom stereocenters. The van der Waals surface area contributed by atoms with E-state index in [0.717, 1.165) is 6.42 Å². The SMILES string of the molecule is CCC(C)NCC(=O)N1CCN(C(=O)CN(C)C)CC1. The van der Waals surface area contributed by atoms with Crippen molar-refractivity contribution in [2.75, 3.05) is 53.4 Å². The van der Waals surface area contributed by atoms with E-state index in [1.807, 2.05) is 28.8 Å². The quantitative estimate of drug-likeness (QED) is 0.721. The maximum absolute atomic E-state index is 12.0. The molecule has 0 aromatic carbocycles. The standard InChI is InChI=1S/C14H28N4O2/c1-5-12(2)15-10-13(19)17-6-8-18(9-7-17)14(20)11-16(3)4/h12,15H,5-11H2,1-4H3. The van der Waals surface area contributed by atoms with Crippen LogP contribution in [0.5, 0.6) is 0 Å². The van der Waals surface area contributed by atoms with Gasteiger partial charge in [0.15, 0.2) is 0 Å². The largest absolute Gasteiger partial charge is 0.338 e. The Morgan fingerprint density at radius 3 is 2.05 bits per heavy atom. The van der Waals surface area contributed by atoms with E-state index in [2.05, 4.69) is 19.2 Å². The van der Waals surface area contributed by atoms with E-state index >= 15 is 0 Å². The van der Waals surface area contributed by atoms with Crippen molar-refractivity contribution in [3.05, 3.63) is 0 Å². The number of nitrogens with zero attached hydrogens (tertiary/aromatic N) is 3. The highest BCUT2D eigenvalue weighted by atomic mass is 16.2.